The van der Waals surface area contributed by atoms with Crippen LogP contribution in [0.15, 0.2) is 0 Å². The number of ether oxygens (including phenoxy) is 1. The third-order valence-corrected chi connectivity index (χ3v) is 2.23. The summed E-state index contributed by atoms with van der Waals surface area (Å²) in [5, 5.41) is 0. The lowest BCUT2D eigenvalue weighted by molar-refractivity contribution is 0.0227. The SMILES string of the molecule is CCCN1CCC(CCN)OC1=O. The third kappa shape index (κ3) is 2.88. The van der Waals surface area contributed by atoms with Gasteiger partial charge in [-0.2, -0.15) is 0 Å². The average Bonchev–Trinajstić information content (AvgIpc) is 2.10. The van der Waals surface area contributed by atoms with Crippen molar-refractivity contribution in [1.82, 2.24) is 4.90 Å². The van der Waals surface area contributed by atoms with Gasteiger partial charge in [-0.3, -0.25) is 0 Å². The lowest BCUT2D eigenvalue weighted by Crippen LogP contribution is -2.42. The molecule has 2 N–H and O–H groups in total. The fraction of sp³-hybridized carbons (Fsp3) is 0.889. The first-order valence-electron chi connectivity index (χ1n) is 4.93. The van der Waals surface area contributed by atoms with Crippen LogP contribution in [0.2, 0.25) is 0 Å². The Kier molecular flexibility index (Phi) is 4.02. The Balaban J connectivity index is 2.33. The van der Waals surface area contributed by atoms with Crippen molar-refractivity contribution < 1.29 is 9.53 Å². The van der Waals surface area contributed by atoms with E-state index in [-0.39, 0.29) is 12.2 Å². The van der Waals surface area contributed by atoms with Gasteiger partial charge in [0, 0.05) is 19.5 Å². The molecule has 1 atom stereocenters. The van der Waals surface area contributed by atoms with E-state index in [1.165, 1.54) is 0 Å². The van der Waals surface area contributed by atoms with Gasteiger partial charge in [-0.1, -0.05) is 6.92 Å². The smallest absolute Gasteiger partial charge is 0.410 e. The number of nitrogens with two attached hydrogens (primary N) is 1. The summed E-state index contributed by atoms with van der Waals surface area (Å²) in [7, 11) is 0. The van der Waals surface area contributed by atoms with E-state index in [1.807, 2.05) is 0 Å². The summed E-state index contributed by atoms with van der Waals surface area (Å²) >= 11 is 0. The summed E-state index contributed by atoms with van der Waals surface area (Å²) in [5.41, 5.74) is 5.39. The van der Waals surface area contributed by atoms with Crippen molar-refractivity contribution in [2.45, 2.75) is 32.3 Å². The van der Waals surface area contributed by atoms with Crippen molar-refractivity contribution in [3.63, 3.8) is 0 Å². The van der Waals surface area contributed by atoms with Crippen LogP contribution in [0, 0.1) is 0 Å². The second-order valence-electron chi connectivity index (χ2n) is 3.36. The highest BCUT2D eigenvalue weighted by Gasteiger charge is 2.25. The molecule has 1 fully saturated rings. The molecule has 1 unspecified atom stereocenters. The van der Waals surface area contributed by atoms with E-state index in [2.05, 4.69) is 6.92 Å². The van der Waals surface area contributed by atoms with Gasteiger partial charge in [0.2, 0.25) is 0 Å². The summed E-state index contributed by atoms with van der Waals surface area (Å²) in [6.45, 7) is 4.26. The summed E-state index contributed by atoms with van der Waals surface area (Å²) in [6.07, 6.45) is 2.56. The van der Waals surface area contributed by atoms with Gasteiger partial charge in [-0.05, 0) is 19.4 Å². The van der Waals surface area contributed by atoms with E-state index in [1.54, 1.807) is 4.90 Å². The van der Waals surface area contributed by atoms with Crippen LogP contribution in [-0.2, 0) is 4.74 Å². The Morgan fingerprint density at radius 3 is 3.00 bits per heavy atom. The monoisotopic (exact) mass is 186 g/mol. The minimum atomic E-state index is -0.174. The number of hydrogen-bond acceptors (Lipinski definition) is 3. The maximum Gasteiger partial charge on any atom is 0.410 e. The molecule has 4 heteroatoms. The lowest BCUT2D eigenvalue weighted by atomic mass is 10.1. The molecule has 4 nitrogen and oxygen atoms in total. The highest BCUT2D eigenvalue weighted by molar-refractivity contribution is 5.68. The normalized spacial score (nSPS) is 23.1. The molecule has 0 radical (unpaired) electrons. The zero-order valence-electron chi connectivity index (χ0n) is 8.16. The molecule has 0 aromatic rings. The van der Waals surface area contributed by atoms with Crippen LogP contribution in [0.5, 0.6) is 0 Å². The van der Waals surface area contributed by atoms with Gasteiger partial charge in [-0.25, -0.2) is 4.79 Å². The van der Waals surface area contributed by atoms with Crippen LogP contribution in [0.3, 0.4) is 0 Å². The second-order valence-corrected chi connectivity index (χ2v) is 3.36. The number of carbonyl (C=O) groups excluding carboxylic acids is 1. The molecule has 1 saturated heterocycles. The lowest BCUT2D eigenvalue weighted by Gasteiger charge is -2.31. The maximum atomic E-state index is 11.3. The molecule has 1 amide bonds. The number of amides is 1. The van der Waals surface area contributed by atoms with E-state index in [0.29, 0.717) is 6.54 Å². The van der Waals surface area contributed by atoms with Crippen LogP contribution >= 0.6 is 0 Å². The summed E-state index contributed by atoms with van der Waals surface area (Å²) < 4.78 is 5.20. The first-order chi connectivity index (χ1) is 6.27. The van der Waals surface area contributed by atoms with Crippen molar-refractivity contribution in [3.05, 3.63) is 0 Å². The topological polar surface area (TPSA) is 55.6 Å². The van der Waals surface area contributed by atoms with Gasteiger partial charge < -0.3 is 15.4 Å². The largest absolute Gasteiger partial charge is 0.446 e. The number of rotatable bonds is 4. The van der Waals surface area contributed by atoms with Crippen LogP contribution in [0.1, 0.15) is 26.2 Å². The number of nitrogens with zero attached hydrogens (tertiary/aromatic N) is 1. The van der Waals surface area contributed by atoms with Crippen LogP contribution in [-0.4, -0.2) is 36.7 Å². The quantitative estimate of drug-likeness (QED) is 0.711. The first-order valence-corrected chi connectivity index (χ1v) is 4.93. The molecular weight excluding hydrogens is 168 g/mol. The van der Waals surface area contributed by atoms with Gasteiger partial charge in [0.25, 0.3) is 0 Å². The Hall–Kier alpha value is -0.770. The van der Waals surface area contributed by atoms with Crippen molar-refractivity contribution >= 4 is 6.09 Å². The number of hydrogen-bond donors (Lipinski definition) is 1. The second kappa shape index (κ2) is 5.07. The average molecular weight is 186 g/mol. The summed E-state index contributed by atoms with van der Waals surface area (Å²) in [5.74, 6) is 0. The van der Waals surface area contributed by atoms with Crippen molar-refractivity contribution in [2.24, 2.45) is 5.73 Å². The maximum absolute atomic E-state index is 11.3. The fourth-order valence-corrected chi connectivity index (χ4v) is 1.53. The minimum Gasteiger partial charge on any atom is -0.446 e. The number of carbonyl (C=O) groups is 1. The van der Waals surface area contributed by atoms with E-state index < -0.39 is 0 Å². The molecule has 1 aliphatic heterocycles. The van der Waals surface area contributed by atoms with E-state index >= 15 is 0 Å². The van der Waals surface area contributed by atoms with Crippen molar-refractivity contribution in [3.8, 4) is 0 Å². The first kappa shape index (κ1) is 10.3. The van der Waals surface area contributed by atoms with E-state index in [0.717, 1.165) is 32.4 Å². The standard InChI is InChI=1S/C9H18N2O2/c1-2-6-11-7-4-8(3-5-10)13-9(11)12/h8H,2-7,10H2,1H3. The fourth-order valence-electron chi connectivity index (χ4n) is 1.53. The Morgan fingerprint density at radius 2 is 2.46 bits per heavy atom. The summed E-state index contributed by atoms with van der Waals surface area (Å²) in [4.78, 5) is 13.1. The molecule has 0 aromatic carbocycles. The van der Waals surface area contributed by atoms with E-state index in [4.69, 9.17) is 10.5 Å². The number of cyclic esters (lactones) is 1. The van der Waals surface area contributed by atoms with Crippen LogP contribution < -0.4 is 5.73 Å². The molecule has 13 heavy (non-hydrogen) atoms. The Bertz CT molecular complexity index is 173. The van der Waals surface area contributed by atoms with E-state index in [9.17, 15) is 4.79 Å². The molecule has 0 saturated carbocycles. The molecule has 76 valence electrons. The van der Waals surface area contributed by atoms with Gasteiger partial charge in [-0.15, -0.1) is 0 Å². The van der Waals surface area contributed by atoms with Gasteiger partial charge in [0.15, 0.2) is 0 Å². The van der Waals surface area contributed by atoms with Crippen LogP contribution in [0.4, 0.5) is 4.79 Å². The van der Waals surface area contributed by atoms with Crippen molar-refractivity contribution in [1.29, 1.82) is 0 Å². The van der Waals surface area contributed by atoms with Gasteiger partial charge in [0.05, 0.1) is 0 Å². The Morgan fingerprint density at radius 1 is 1.69 bits per heavy atom. The molecular formula is C9H18N2O2. The predicted molar refractivity (Wildman–Crippen MR) is 50.4 cm³/mol. The predicted octanol–water partition coefficient (Wildman–Crippen LogP) is 0.956. The highest BCUT2D eigenvalue weighted by Crippen LogP contribution is 2.14. The molecule has 1 aliphatic rings. The third-order valence-electron chi connectivity index (χ3n) is 2.23. The minimum absolute atomic E-state index is 0.0469. The molecule has 1 heterocycles. The highest BCUT2D eigenvalue weighted by atomic mass is 16.6. The zero-order valence-corrected chi connectivity index (χ0v) is 8.16. The Labute approximate surface area is 79.0 Å². The van der Waals surface area contributed by atoms with Crippen LogP contribution in [0.25, 0.3) is 0 Å². The van der Waals surface area contributed by atoms with Gasteiger partial charge in [0.1, 0.15) is 6.10 Å². The van der Waals surface area contributed by atoms with Gasteiger partial charge >= 0.3 is 6.09 Å². The summed E-state index contributed by atoms with van der Waals surface area (Å²) in [6, 6.07) is 0. The molecule has 0 bridgehead atoms. The van der Waals surface area contributed by atoms with Crippen molar-refractivity contribution in [2.75, 3.05) is 19.6 Å². The molecule has 0 aliphatic carbocycles. The zero-order chi connectivity index (χ0) is 9.68. The molecule has 0 aromatic heterocycles. The molecule has 1 rings (SSSR count). The molecule has 0 spiro atoms.